The van der Waals surface area contributed by atoms with Crippen LogP contribution in [0.4, 0.5) is 30.6 Å². The first-order valence-corrected chi connectivity index (χ1v) is 8.92. The number of anilines is 3. The van der Waals surface area contributed by atoms with Gasteiger partial charge < -0.3 is 15.2 Å². The number of alkyl halides is 3. The fraction of sp³-hybridized carbons (Fsp3) is 0.438. The molecule has 13 heteroatoms. The molecule has 0 radical (unpaired) electrons. The van der Waals surface area contributed by atoms with Crippen LogP contribution in [0.25, 0.3) is 0 Å². The number of nitrogen functional groups attached to an aromatic ring is 1. The van der Waals surface area contributed by atoms with Crippen molar-refractivity contribution in [2.75, 3.05) is 17.7 Å². The van der Waals surface area contributed by atoms with Gasteiger partial charge in [-0.1, -0.05) is 11.6 Å². The number of nitrogens with zero attached hydrogens (tertiary/aromatic N) is 8. The van der Waals surface area contributed by atoms with Crippen molar-refractivity contribution in [2.24, 2.45) is 0 Å². The van der Waals surface area contributed by atoms with Gasteiger partial charge in [-0.2, -0.15) is 23.3 Å². The summed E-state index contributed by atoms with van der Waals surface area (Å²) < 4.78 is 42.1. The molecule has 2 N–H and O–H groups in total. The van der Waals surface area contributed by atoms with Crippen molar-refractivity contribution < 1.29 is 13.2 Å². The molecule has 0 aromatic carbocycles. The summed E-state index contributed by atoms with van der Waals surface area (Å²) in [4.78, 5) is 8.93. The molecule has 0 aliphatic carbocycles. The minimum absolute atomic E-state index is 0.0496. The molecule has 9 nitrogen and oxygen atoms in total. The molecule has 0 aliphatic rings. The Morgan fingerprint density at radius 1 is 1.28 bits per heavy atom. The van der Waals surface area contributed by atoms with Gasteiger partial charge in [-0.3, -0.25) is 4.68 Å². The summed E-state index contributed by atoms with van der Waals surface area (Å²) in [6.07, 6.45) is -0.745. The van der Waals surface area contributed by atoms with Crippen molar-refractivity contribution >= 4 is 29.1 Å². The topological polar surface area (TPSA) is 104 Å². The number of aryl methyl sites for hydroxylation is 1. The van der Waals surface area contributed by atoms with Crippen LogP contribution < -0.4 is 10.6 Å². The van der Waals surface area contributed by atoms with E-state index in [1.807, 2.05) is 25.3 Å². The van der Waals surface area contributed by atoms with Gasteiger partial charge >= 0.3 is 6.18 Å². The quantitative estimate of drug-likeness (QED) is 0.664. The molecule has 3 aromatic rings. The van der Waals surface area contributed by atoms with Crippen LogP contribution in [0.15, 0.2) is 18.7 Å². The number of nitrogens with two attached hydrogens (primary N) is 1. The van der Waals surface area contributed by atoms with Crippen LogP contribution in [0, 0.1) is 0 Å². The smallest absolute Gasteiger partial charge is 0.383 e. The van der Waals surface area contributed by atoms with E-state index in [1.165, 1.54) is 4.90 Å². The molecular weight excluding hydrogens is 411 g/mol. The molecular formula is C16H19ClF3N9. The van der Waals surface area contributed by atoms with Gasteiger partial charge in [0.1, 0.15) is 28.9 Å². The van der Waals surface area contributed by atoms with Gasteiger partial charge in [0.15, 0.2) is 11.0 Å². The number of hydrogen-bond acceptors (Lipinski definition) is 7. The predicted octanol–water partition coefficient (Wildman–Crippen LogP) is 3.09. The molecule has 0 fully saturated rings. The molecule has 0 unspecified atom stereocenters. The highest BCUT2D eigenvalue weighted by atomic mass is 35.5. The van der Waals surface area contributed by atoms with Crippen LogP contribution >= 0.6 is 11.6 Å². The van der Waals surface area contributed by atoms with Gasteiger partial charge in [0.25, 0.3) is 0 Å². The monoisotopic (exact) mass is 429 g/mol. The summed E-state index contributed by atoms with van der Waals surface area (Å²) in [5.74, 6) is -0.0517. The fourth-order valence-corrected chi connectivity index (χ4v) is 3.05. The highest BCUT2D eigenvalue weighted by molar-refractivity contribution is 6.32. The number of rotatable bonds is 5. The second-order valence-electron chi connectivity index (χ2n) is 6.77. The Labute approximate surface area is 169 Å². The molecule has 156 valence electrons. The average Bonchev–Trinajstić information content (AvgIpc) is 3.27. The first-order valence-electron chi connectivity index (χ1n) is 8.54. The summed E-state index contributed by atoms with van der Waals surface area (Å²) in [5, 5.41) is 12.6. The van der Waals surface area contributed by atoms with E-state index in [0.29, 0.717) is 24.3 Å². The molecule has 3 heterocycles. The van der Waals surface area contributed by atoms with Crippen LogP contribution in [-0.4, -0.2) is 41.6 Å². The largest absolute Gasteiger partial charge is 0.421 e. The van der Waals surface area contributed by atoms with Crippen molar-refractivity contribution in [3.63, 3.8) is 0 Å². The predicted molar refractivity (Wildman–Crippen MR) is 101 cm³/mol. The summed E-state index contributed by atoms with van der Waals surface area (Å²) in [5.41, 5.74) is 4.05. The lowest BCUT2D eigenvalue weighted by Crippen LogP contribution is -2.32. The first kappa shape index (κ1) is 20.8. The van der Waals surface area contributed by atoms with Crippen LogP contribution in [-0.2, 0) is 18.3 Å². The van der Waals surface area contributed by atoms with Gasteiger partial charge in [0, 0.05) is 19.8 Å². The Kier molecular flexibility index (Phi) is 5.15. The van der Waals surface area contributed by atoms with Crippen LogP contribution in [0.3, 0.4) is 0 Å². The Morgan fingerprint density at radius 2 is 1.97 bits per heavy atom. The van der Waals surface area contributed by atoms with E-state index in [-0.39, 0.29) is 11.1 Å². The number of hydrogen-bond donors (Lipinski definition) is 1. The second-order valence-corrected chi connectivity index (χ2v) is 7.13. The lowest BCUT2D eigenvalue weighted by Gasteiger charge is -2.24. The third-order valence-corrected chi connectivity index (χ3v) is 4.77. The number of halogens is 4. The van der Waals surface area contributed by atoms with Gasteiger partial charge in [0.05, 0.1) is 6.20 Å². The standard InChI is InChI=1S/C16H19ClF3N9/c1-5-28-8-23-25-13(28)15(2,3)29-7-10(11(17)26-29)27(4)14-22-6-9(12(21)24-14)16(18,19)20/h6-8H,5H2,1-4H3,(H2,21,22,24). The van der Waals surface area contributed by atoms with E-state index < -0.39 is 23.1 Å². The van der Waals surface area contributed by atoms with E-state index >= 15 is 0 Å². The molecule has 0 bridgehead atoms. The highest BCUT2D eigenvalue weighted by Gasteiger charge is 2.35. The first-order chi connectivity index (χ1) is 13.5. The molecule has 3 aromatic heterocycles. The normalized spacial score (nSPS) is 12.4. The van der Waals surface area contributed by atoms with Crippen molar-refractivity contribution in [2.45, 2.75) is 39.0 Å². The summed E-state index contributed by atoms with van der Waals surface area (Å²) in [7, 11) is 1.55. The van der Waals surface area contributed by atoms with Crippen molar-refractivity contribution in [3.05, 3.63) is 35.3 Å². The highest BCUT2D eigenvalue weighted by Crippen LogP contribution is 2.35. The van der Waals surface area contributed by atoms with E-state index in [2.05, 4.69) is 25.3 Å². The Hall–Kier alpha value is -2.89. The minimum atomic E-state index is -4.64. The van der Waals surface area contributed by atoms with E-state index in [9.17, 15) is 13.2 Å². The molecule has 0 saturated heterocycles. The van der Waals surface area contributed by atoms with Gasteiger partial charge in [-0.05, 0) is 20.8 Å². The zero-order valence-corrected chi connectivity index (χ0v) is 16.9. The Bertz CT molecular complexity index is 1030. The maximum Gasteiger partial charge on any atom is 0.421 e. The van der Waals surface area contributed by atoms with E-state index in [0.717, 1.165) is 0 Å². The summed E-state index contributed by atoms with van der Waals surface area (Å²) in [6.45, 7) is 6.42. The van der Waals surface area contributed by atoms with Crippen molar-refractivity contribution in [3.8, 4) is 0 Å². The SMILES string of the molecule is CCn1cnnc1C(C)(C)n1cc(N(C)c2ncc(C(F)(F)F)c(N)n2)c(Cl)n1. The third kappa shape index (κ3) is 3.71. The van der Waals surface area contributed by atoms with Crippen LogP contribution in [0.5, 0.6) is 0 Å². The molecule has 0 aliphatic heterocycles. The summed E-state index contributed by atoms with van der Waals surface area (Å²) >= 11 is 6.29. The molecule has 0 amide bonds. The summed E-state index contributed by atoms with van der Waals surface area (Å²) in [6, 6.07) is 0. The van der Waals surface area contributed by atoms with Crippen LogP contribution in [0.2, 0.25) is 5.15 Å². The molecule has 0 saturated carbocycles. The fourth-order valence-electron chi connectivity index (χ4n) is 2.79. The average molecular weight is 430 g/mol. The minimum Gasteiger partial charge on any atom is -0.383 e. The Balaban J connectivity index is 1.97. The lowest BCUT2D eigenvalue weighted by molar-refractivity contribution is -0.137. The zero-order chi connectivity index (χ0) is 21.6. The lowest BCUT2D eigenvalue weighted by atomic mass is 10.1. The molecule has 29 heavy (non-hydrogen) atoms. The van der Waals surface area contributed by atoms with Crippen LogP contribution in [0.1, 0.15) is 32.2 Å². The number of aromatic nitrogens is 7. The van der Waals surface area contributed by atoms with Crippen molar-refractivity contribution in [1.82, 2.24) is 34.5 Å². The van der Waals surface area contributed by atoms with Crippen molar-refractivity contribution in [1.29, 1.82) is 0 Å². The zero-order valence-electron chi connectivity index (χ0n) is 16.1. The van der Waals surface area contributed by atoms with Gasteiger partial charge in [-0.15, -0.1) is 10.2 Å². The van der Waals surface area contributed by atoms with Gasteiger partial charge in [-0.25, -0.2) is 4.98 Å². The molecule has 0 atom stereocenters. The molecule has 0 spiro atoms. The second kappa shape index (κ2) is 7.17. The van der Waals surface area contributed by atoms with Gasteiger partial charge in [0.2, 0.25) is 5.95 Å². The molecule has 3 rings (SSSR count). The van der Waals surface area contributed by atoms with E-state index in [1.54, 1.807) is 24.3 Å². The third-order valence-electron chi connectivity index (χ3n) is 4.50. The van der Waals surface area contributed by atoms with E-state index in [4.69, 9.17) is 17.3 Å². The Morgan fingerprint density at radius 3 is 2.55 bits per heavy atom. The maximum absolute atomic E-state index is 12.9. The maximum atomic E-state index is 12.9.